The molecule has 0 fully saturated rings. The third kappa shape index (κ3) is 3.09. The molecule has 1 aromatic carbocycles. The number of nitrogens with zero attached hydrogens (tertiary/aromatic N) is 4. The van der Waals surface area contributed by atoms with Crippen molar-refractivity contribution in [3.63, 3.8) is 0 Å². The lowest BCUT2D eigenvalue weighted by Gasteiger charge is -1.97. The highest BCUT2D eigenvalue weighted by molar-refractivity contribution is 7.71. The van der Waals surface area contributed by atoms with Gasteiger partial charge in [0.05, 0.1) is 16.8 Å². The number of aromatic nitrogens is 5. The molecule has 3 aromatic heterocycles. The van der Waals surface area contributed by atoms with Crippen LogP contribution >= 0.6 is 23.6 Å². The van der Waals surface area contributed by atoms with Crippen molar-refractivity contribution in [3.8, 4) is 22.8 Å². The average Bonchev–Trinajstić information content (AvgIpc) is 3.34. The molecule has 0 saturated heterocycles. The van der Waals surface area contributed by atoms with Gasteiger partial charge in [-0.25, -0.2) is 5.10 Å². The number of hydrogen-bond donors (Lipinski definition) is 2. The first-order chi connectivity index (χ1) is 12.2. The summed E-state index contributed by atoms with van der Waals surface area (Å²) in [6, 6.07) is 13.9. The van der Waals surface area contributed by atoms with Gasteiger partial charge in [-0.15, -0.1) is 11.3 Å². The van der Waals surface area contributed by atoms with Crippen LogP contribution in [0.1, 0.15) is 10.4 Å². The smallest absolute Gasteiger partial charge is 0.216 e. The molecule has 0 aliphatic rings. The lowest BCUT2D eigenvalue weighted by Crippen LogP contribution is -1.95. The van der Waals surface area contributed by atoms with Gasteiger partial charge in [-0.05, 0) is 42.2 Å². The maximum absolute atomic E-state index is 5.30. The molecule has 6 nitrogen and oxygen atoms in total. The zero-order valence-corrected chi connectivity index (χ0v) is 14.9. The van der Waals surface area contributed by atoms with Crippen molar-refractivity contribution >= 4 is 29.8 Å². The summed E-state index contributed by atoms with van der Waals surface area (Å²) in [5.41, 5.74) is 3.79. The third-order valence-corrected chi connectivity index (χ3v) is 4.95. The minimum Gasteiger partial charge on any atom is -0.274 e. The molecule has 0 radical (unpaired) electrons. The van der Waals surface area contributed by atoms with Crippen molar-refractivity contribution < 1.29 is 0 Å². The lowest BCUT2D eigenvalue weighted by atomic mass is 10.1. The summed E-state index contributed by atoms with van der Waals surface area (Å²) in [4.78, 5) is 1.09. The van der Waals surface area contributed by atoms with E-state index < -0.39 is 0 Å². The highest BCUT2D eigenvalue weighted by atomic mass is 32.1. The summed E-state index contributed by atoms with van der Waals surface area (Å²) in [6.45, 7) is 2.05. The predicted molar refractivity (Wildman–Crippen MR) is 102 cm³/mol. The van der Waals surface area contributed by atoms with Crippen LogP contribution in [0.15, 0.2) is 52.9 Å². The first-order valence-corrected chi connectivity index (χ1v) is 8.88. The topological polar surface area (TPSA) is 74.7 Å². The van der Waals surface area contributed by atoms with Crippen molar-refractivity contribution in [1.29, 1.82) is 0 Å². The van der Waals surface area contributed by atoms with Crippen molar-refractivity contribution in [2.75, 3.05) is 0 Å². The Kier molecular flexibility index (Phi) is 4.12. The second-order valence-electron chi connectivity index (χ2n) is 5.41. The summed E-state index contributed by atoms with van der Waals surface area (Å²) in [7, 11) is 0. The van der Waals surface area contributed by atoms with Gasteiger partial charge in [-0.2, -0.15) is 20.0 Å². The molecular weight excluding hydrogens is 352 g/mol. The Morgan fingerprint density at radius 2 is 2.00 bits per heavy atom. The molecule has 4 aromatic rings. The molecule has 0 amide bonds. The van der Waals surface area contributed by atoms with Gasteiger partial charge in [0.25, 0.3) is 0 Å². The fourth-order valence-electron chi connectivity index (χ4n) is 2.39. The van der Waals surface area contributed by atoms with Gasteiger partial charge in [0.1, 0.15) is 5.69 Å². The van der Waals surface area contributed by atoms with Crippen LogP contribution in [0.3, 0.4) is 0 Å². The number of hydrogen-bond acceptors (Lipinski definition) is 5. The highest BCUT2D eigenvalue weighted by Crippen LogP contribution is 2.22. The van der Waals surface area contributed by atoms with Gasteiger partial charge < -0.3 is 0 Å². The van der Waals surface area contributed by atoms with Crippen LogP contribution < -0.4 is 0 Å². The van der Waals surface area contributed by atoms with Gasteiger partial charge in [-0.3, -0.25) is 5.10 Å². The van der Waals surface area contributed by atoms with E-state index in [4.69, 9.17) is 12.2 Å². The highest BCUT2D eigenvalue weighted by Gasteiger charge is 2.12. The lowest BCUT2D eigenvalue weighted by molar-refractivity contribution is 0.866. The first kappa shape index (κ1) is 15.7. The Hall–Kier alpha value is -2.84. The normalized spacial score (nSPS) is 11.4. The van der Waals surface area contributed by atoms with Crippen LogP contribution in [0.2, 0.25) is 0 Å². The number of aromatic amines is 2. The van der Waals surface area contributed by atoms with Crippen molar-refractivity contribution in [1.82, 2.24) is 25.1 Å². The zero-order valence-electron chi connectivity index (χ0n) is 13.3. The number of rotatable bonds is 4. The van der Waals surface area contributed by atoms with Crippen molar-refractivity contribution in [2.45, 2.75) is 6.92 Å². The van der Waals surface area contributed by atoms with Crippen molar-refractivity contribution in [2.24, 2.45) is 5.10 Å². The van der Waals surface area contributed by atoms with E-state index in [-0.39, 0.29) is 0 Å². The monoisotopic (exact) mass is 366 g/mol. The minimum atomic E-state index is 0.427. The molecule has 3 heterocycles. The largest absolute Gasteiger partial charge is 0.274 e. The number of H-pyrrole nitrogens is 2. The SMILES string of the molecule is Cc1ccsc1/C=N\n1c(-c2cc(-c3ccccc3)n[nH]2)n[nH]c1=S. The van der Waals surface area contributed by atoms with E-state index in [1.807, 2.05) is 41.8 Å². The van der Waals surface area contributed by atoms with Gasteiger partial charge in [0, 0.05) is 5.56 Å². The first-order valence-electron chi connectivity index (χ1n) is 7.59. The molecule has 25 heavy (non-hydrogen) atoms. The third-order valence-electron chi connectivity index (χ3n) is 3.73. The Morgan fingerprint density at radius 1 is 1.16 bits per heavy atom. The second-order valence-corrected chi connectivity index (χ2v) is 6.74. The fraction of sp³-hybridized carbons (Fsp3) is 0.0588. The molecule has 0 atom stereocenters. The molecule has 8 heteroatoms. The van der Waals surface area contributed by atoms with E-state index in [2.05, 4.69) is 38.5 Å². The van der Waals surface area contributed by atoms with Gasteiger partial charge in [-0.1, -0.05) is 30.3 Å². The second kappa shape index (κ2) is 6.58. The van der Waals surface area contributed by atoms with E-state index >= 15 is 0 Å². The number of aryl methyl sites for hydroxylation is 1. The van der Waals surface area contributed by atoms with Crippen LogP contribution in [0.4, 0.5) is 0 Å². The minimum absolute atomic E-state index is 0.427. The van der Waals surface area contributed by atoms with Gasteiger partial charge in [0.15, 0.2) is 0 Å². The predicted octanol–water partition coefficient (Wildman–Crippen LogP) is 4.25. The van der Waals surface area contributed by atoms with Crippen LogP contribution in [0.25, 0.3) is 22.8 Å². The number of nitrogens with one attached hydrogen (secondary N) is 2. The molecule has 0 aliphatic heterocycles. The van der Waals surface area contributed by atoms with E-state index in [1.54, 1.807) is 22.2 Å². The zero-order chi connectivity index (χ0) is 17.2. The molecular formula is C17H14N6S2. The Balaban J connectivity index is 1.71. The summed E-state index contributed by atoms with van der Waals surface area (Å²) in [6.07, 6.45) is 1.79. The van der Waals surface area contributed by atoms with E-state index in [0.29, 0.717) is 10.6 Å². The Morgan fingerprint density at radius 3 is 2.76 bits per heavy atom. The van der Waals surface area contributed by atoms with E-state index in [9.17, 15) is 0 Å². The number of thiophene rings is 1. The van der Waals surface area contributed by atoms with Gasteiger partial charge >= 0.3 is 0 Å². The summed E-state index contributed by atoms with van der Waals surface area (Å²) in [5, 5.41) is 21.0. The molecule has 0 saturated carbocycles. The van der Waals surface area contributed by atoms with E-state index in [1.165, 1.54) is 5.56 Å². The summed E-state index contributed by atoms with van der Waals surface area (Å²) < 4.78 is 2.02. The maximum Gasteiger partial charge on any atom is 0.216 e. The molecule has 0 aliphatic carbocycles. The fourth-order valence-corrected chi connectivity index (χ4v) is 3.35. The van der Waals surface area contributed by atoms with E-state index in [0.717, 1.165) is 21.8 Å². The van der Waals surface area contributed by atoms with Crippen LogP contribution in [0, 0.1) is 11.7 Å². The summed E-state index contributed by atoms with van der Waals surface area (Å²) in [5.74, 6) is 0.588. The summed E-state index contributed by atoms with van der Waals surface area (Å²) >= 11 is 6.93. The van der Waals surface area contributed by atoms with Crippen LogP contribution in [-0.4, -0.2) is 31.3 Å². The molecule has 2 N–H and O–H groups in total. The average molecular weight is 366 g/mol. The standard InChI is InChI=1S/C17H14N6S2/c1-11-7-8-25-15(11)10-18-23-16(21-22-17(23)24)14-9-13(19-20-14)12-5-3-2-4-6-12/h2-10H,1H3,(H,19,20)(H,22,24)/b18-10-. The quantitative estimate of drug-likeness (QED) is 0.419. The molecule has 0 unspecified atom stereocenters. The molecule has 0 bridgehead atoms. The molecule has 0 spiro atoms. The maximum atomic E-state index is 5.30. The Bertz CT molecular complexity index is 1080. The van der Waals surface area contributed by atoms with Crippen LogP contribution in [-0.2, 0) is 0 Å². The van der Waals surface area contributed by atoms with Crippen LogP contribution in [0.5, 0.6) is 0 Å². The number of benzene rings is 1. The van der Waals surface area contributed by atoms with Gasteiger partial charge in [0.2, 0.25) is 10.6 Å². The Labute approximate surface area is 152 Å². The van der Waals surface area contributed by atoms with Crippen molar-refractivity contribution in [3.05, 3.63) is 63.1 Å². The molecule has 124 valence electrons. The molecule has 4 rings (SSSR count).